The number of nitrogens with one attached hydrogen (secondary N) is 1. The molecule has 2 unspecified atom stereocenters. The molecule has 4 N–H and O–H groups in total. The Kier molecular flexibility index (Phi) is 9.77. The molecule has 0 aliphatic rings. The van der Waals surface area contributed by atoms with Gasteiger partial charge in [-0.2, -0.15) is 0 Å². The van der Waals surface area contributed by atoms with E-state index in [1.807, 2.05) is 0 Å². The van der Waals surface area contributed by atoms with Gasteiger partial charge in [0.05, 0.1) is 0 Å². The Morgan fingerprint density at radius 2 is 2.00 bits per heavy atom. The maximum atomic E-state index is 12.0. The molecule has 0 aromatic heterocycles. The van der Waals surface area contributed by atoms with Gasteiger partial charge in [0, 0.05) is 13.0 Å². The van der Waals surface area contributed by atoms with E-state index in [-0.39, 0.29) is 5.91 Å². The van der Waals surface area contributed by atoms with Crippen LogP contribution in [-0.4, -0.2) is 36.6 Å². The molecule has 0 bridgehead atoms. The maximum Gasteiger partial charge on any atom is 0.265 e. The van der Waals surface area contributed by atoms with Crippen LogP contribution in [-0.2, 0) is 4.79 Å². The largest absolute Gasteiger partial charge is 0.385 e. The molecule has 0 aliphatic heterocycles. The van der Waals surface area contributed by atoms with Crippen molar-refractivity contribution in [2.45, 2.75) is 51.6 Å². The third-order valence-electron chi connectivity index (χ3n) is 2.85. The molecule has 0 fully saturated rings. The number of halogens is 2. The number of carbonyl (C=O) groups is 1. The molecular weight excluding hydrogens is 242 g/mol. The van der Waals surface area contributed by atoms with Crippen molar-refractivity contribution in [3.8, 4) is 0 Å². The van der Waals surface area contributed by atoms with Gasteiger partial charge in [0.25, 0.3) is 6.43 Å². The molecule has 0 saturated carbocycles. The highest BCUT2D eigenvalue weighted by Crippen LogP contribution is 2.16. The molecule has 18 heavy (non-hydrogen) atoms. The normalized spacial score (nSPS) is 14.6. The van der Waals surface area contributed by atoms with Crippen molar-refractivity contribution in [2.75, 3.05) is 13.1 Å². The van der Waals surface area contributed by atoms with Crippen LogP contribution in [0.4, 0.5) is 8.78 Å². The highest BCUT2D eigenvalue weighted by molar-refractivity contribution is 5.75. The van der Waals surface area contributed by atoms with Gasteiger partial charge in [0.15, 0.2) is 0 Å². The van der Waals surface area contributed by atoms with Crippen LogP contribution in [0.1, 0.15) is 39.0 Å². The van der Waals surface area contributed by atoms with Crippen molar-refractivity contribution in [1.82, 2.24) is 5.32 Å². The van der Waals surface area contributed by atoms with Gasteiger partial charge in [0.2, 0.25) is 5.91 Å². The number of hydrogen-bond acceptors (Lipinski definition) is 3. The van der Waals surface area contributed by atoms with E-state index in [4.69, 9.17) is 10.8 Å². The highest BCUT2D eigenvalue weighted by Gasteiger charge is 2.17. The molecule has 2 atom stereocenters. The van der Waals surface area contributed by atoms with E-state index in [1.165, 1.54) is 0 Å². The third kappa shape index (κ3) is 8.36. The first-order valence-corrected chi connectivity index (χ1v) is 6.44. The van der Waals surface area contributed by atoms with E-state index in [0.29, 0.717) is 25.3 Å². The number of alkyl halides is 2. The Bertz CT molecular complexity index is 222. The summed E-state index contributed by atoms with van der Waals surface area (Å²) in [6, 6.07) is 0. The molecule has 108 valence electrons. The number of aliphatic hydroxyl groups excluding tert-OH is 1. The molecule has 1 amide bonds. The van der Waals surface area contributed by atoms with Gasteiger partial charge in [0.1, 0.15) is 6.10 Å². The average molecular weight is 266 g/mol. The summed E-state index contributed by atoms with van der Waals surface area (Å²) >= 11 is 0. The van der Waals surface area contributed by atoms with Gasteiger partial charge in [-0.3, -0.25) is 4.79 Å². The molecule has 0 aliphatic carbocycles. The number of amides is 1. The number of nitrogens with two attached hydrogens (primary N) is 1. The van der Waals surface area contributed by atoms with Crippen molar-refractivity contribution in [2.24, 2.45) is 11.7 Å². The predicted molar refractivity (Wildman–Crippen MR) is 66.3 cm³/mol. The van der Waals surface area contributed by atoms with Crippen LogP contribution >= 0.6 is 0 Å². The van der Waals surface area contributed by atoms with Crippen molar-refractivity contribution >= 4 is 5.91 Å². The van der Waals surface area contributed by atoms with E-state index in [1.54, 1.807) is 0 Å². The van der Waals surface area contributed by atoms with Gasteiger partial charge in [-0.25, -0.2) is 8.78 Å². The van der Waals surface area contributed by atoms with Gasteiger partial charge in [-0.15, -0.1) is 0 Å². The SMILES string of the molecule is CCCC(CCN)CCC(=O)NCC(O)C(F)F. The Morgan fingerprint density at radius 1 is 1.33 bits per heavy atom. The lowest BCUT2D eigenvalue weighted by Gasteiger charge is -2.15. The lowest BCUT2D eigenvalue weighted by atomic mass is 9.94. The van der Waals surface area contributed by atoms with Gasteiger partial charge < -0.3 is 16.2 Å². The molecule has 0 spiro atoms. The van der Waals surface area contributed by atoms with Gasteiger partial charge >= 0.3 is 0 Å². The first kappa shape index (κ1) is 17.2. The molecule has 0 aromatic rings. The second-order valence-corrected chi connectivity index (χ2v) is 4.48. The summed E-state index contributed by atoms with van der Waals surface area (Å²) in [7, 11) is 0. The predicted octanol–water partition coefficient (Wildman–Crippen LogP) is 1.27. The maximum absolute atomic E-state index is 12.0. The standard InChI is InChI=1S/C12H24F2N2O2/c1-2-3-9(6-7-15)4-5-11(18)16-8-10(17)12(13)14/h9-10,12,17H,2-8,15H2,1H3,(H,16,18). The van der Waals surface area contributed by atoms with Crippen LogP contribution in [0.2, 0.25) is 0 Å². The Morgan fingerprint density at radius 3 is 2.50 bits per heavy atom. The zero-order valence-electron chi connectivity index (χ0n) is 10.9. The van der Waals surface area contributed by atoms with Crippen LogP contribution in [0.15, 0.2) is 0 Å². The summed E-state index contributed by atoms with van der Waals surface area (Å²) in [6.07, 6.45) is -0.677. The zero-order valence-corrected chi connectivity index (χ0v) is 10.9. The zero-order chi connectivity index (χ0) is 14.0. The molecule has 4 nitrogen and oxygen atoms in total. The van der Waals surface area contributed by atoms with E-state index in [9.17, 15) is 13.6 Å². The van der Waals surface area contributed by atoms with Crippen molar-refractivity contribution < 1.29 is 18.7 Å². The molecule has 0 rings (SSSR count). The molecular formula is C12H24F2N2O2. The fourth-order valence-corrected chi connectivity index (χ4v) is 1.81. The second kappa shape index (κ2) is 10.2. The Labute approximate surface area is 107 Å². The number of aliphatic hydroxyl groups is 1. The van der Waals surface area contributed by atoms with E-state index < -0.39 is 19.1 Å². The van der Waals surface area contributed by atoms with Crippen LogP contribution < -0.4 is 11.1 Å². The van der Waals surface area contributed by atoms with Gasteiger partial charge in [-0.1, -0.05) is 19.8 Å². The summed E-state index contributed by atoms with van der Waals surface area (Å²) in [5.74, 6) is 0.110. The summed E-state index contributed by atoms with van der Waals surface area (Å²) in [5.41, 5.74) is 5.48. The fourth-order valence-electron chi connectivity index (χ4n) is 1.81. The minimum atomic E-state index is -2.82. The van der Waals surface area contributed by atoms with Crippen molar-refractivity contribution in [3.63, 3.8) is 0 Å². The minimum absolute atomic E-state index is 0.292. The summed E-state index contributed by atoms with van der Waals surface area (Å²) < 4.78 is 24.0. The quantitative estimate of drug-likeness (QED) is 0.557. The lowest BCUT2D eigenvalue weighted by Crippen LogP contribution is -2.35. The molecule has 0 radical (unpaired) electrons. The van der Waals surface area contributed by atoms with Crippen LogP contribution in [0.3, 0.4) is 0 Å². The summed E-state index contributed by atoms with van der Waals surface area (Å²) in [6.45, 7) is 2.27. The molecule has 0 saturated heterocycles. The number of rotatable bonds is 10. The molecule has 0 heterocycles. The van der Waals surface area contributed by atoms with Crippen LogP contribution in [0.5, 0.6) is 0 Å². The average Bonchev–Trinajstić information content (AvgIpc) is 2.33. The Balaban J connectivity index is 3.79. The van der Waals surface area contributed by atoms with E-state index in [2.05, 4.69) is 12.2 Å². The van der Waals surface area contributed by atoms with Crippen LogP contribution in [0, 0.1) is 5.92 Å². The molecule has 6 heteroatoms. The lowest BCUT2D eigenvalue weighted by molar-refractivity contribution is -0.122. The second-order valence-electron chi connectivity index (χ2n) is 4.48. The van der Waals surface area contributed by atoms with Crippen LogP contribution in [0.25, 0.3) is 0 Å². The Hall–Kier alpha value is -0.750. The van der Waals surface area contributed by atoms with Gasteiger partial charge in [-0.05, 0) is 25.3 Å². The fraction of sp³-hybridized carbons (Fsp3) is 0.917. The third-order valence-corrected chi connectivity index (χ3v) is 2.85. The highest BCUT2D eigenvalue weighted by atomic mass is 19.3. The number of carbonyl (C=O) groups excluding carboxylic acids is 1. The first-order valence-electron chi connectivity index (χ1n) is 6.44. The topological polar surface area (TPSA) is 75.4 Å². The smallest absolute Gasteiger partial charge is 0.265 e. The summed E-state index contributed by atoms with van der Waals surface area (Å²) in [5, 5.41) is 11.1. The molecule has 0 aromatic carbocycles. The number of hydrogen-bond donors (Lipinski definition) is 3. The van der Waals surface area contributed by atoms with Crippen molar-refractivity contribution in [3.05, 3.63) is 0 Å². The first-order chi connectivity index (χ1) is 8.51. The van der Waals surface area contributed by atoms with E-state index >= 15 is 0 Å². The van der Waals surface area contributed by atoms with E-state index in [0.717, 1.165) is 19.3 Å². The minimum Gasteiger partial charge on any atom is -0.385 e. The summed E-state index contributed by atoms with van der Waals surface area (Å²) in [4.78, 5) is 11.4. The van der Waals surface area contributed by atoms with Crippen molar-refractivity contribution in [1.29, 1.82) is 0 Å². The monoisotopic (exact) mass is 266 g/mol.